The first kappa shape index (κ1) is 21.3. The summed E-state index contributed by atoms with van der Waals surface area (Å²) in [5, 5.41) is 3.96. The molecule has 0 atom stereocenters. The van der Waals surface area contributed by atoms with Crippen LogP contribution >= 0.6 is 23.1 Å². The van der Waals surface area contributed by atoms with Crippen LogP contribution in [0.5, 0.6) is 0 Å². The third kappa shape index (κ3) is 5.23. The molecule has 3 N–H and O–H groups in total. The van der Waals surface area contributed by atoms with Crippen molar-refractivity contribution < 1.29 is 9.59 Å². The maximum absolute atomic E-state index is 13.1. The van der Waals surface area contributed by atoms with Crippen LogP contribution in [0.4, 0.5) is 10.9 Å². The molecule has 2 amide bonds. The molecule has 31 heavy (non-hydrogen) atoms. The van der Waals surface area contributed by atoms with Gasteiger partial charge in [0.25, 0.3) is 5.91 Å². The van der Waals surface area contributed by atoms with Crippen LogP contribution in [-0.4, -0.2) is 39.8 Å². The van der Waals surface area contributed by atoms with Crippen molar-refractivity contribution in [2.75, 3.05) is 18.4 Å². The summed E-state index contributed by atoms with van der Waals surface area (Å²) in [5.41, 5.74) is 7.04. The first-order valence-corrected chi connectivity index (χ1v) is 11.6. The second-order valence-corrected chi connectivity index (χ2v) is 9.78. The number of aromatic nitrogens is 2. The summed E-state index contributed by atoms with van der Waals surface area (Å²) in [4.78, 5) is 35.9. The van der Waals surface area contributed by atoms with E-state index in [1.165, 1.54) is 11.3 Å². The topological polar surface area (TPSA) is 101 Å². The van der Waals surface area contributed by atoms with Crippen LogP contribution in [0.3, 0.4) is 0 Å². The molecule has 1 fully saturated rings. The highest BCUT2D eigenvalue weighted by molar-refractivity contribution is 8.01. The van der Waals surface area contributed by atoms with Crippen molar-refractivity contribution in [2.45, 2.75) is 28.9 Å². The monoisotopic (exact) mass is 453 g/mol. The van der Waals surface area contributed by atoms with Crippen LogP contribution in [0.25, 0.3) is 0 Å². The lowest BCUT2D eigenvalue weighted by Gasteiger charge is -2.31. The van der Waals surface area contributed by atoms with Gasteiger partial charge in [0.2, 0.25) is 5.91 Å². The maximum atomic E-state index is 13.1. The minimum Gasteiger partial charge on any atom is -0.369 e. The number of nitrogens with two attached hydrogens (primary N) is 1. The Morgan fingerprint density at radius 2 is 2.00 bits per heavy atom. The number of nitrogens with zero attached hydrogens (tertiary/aromatic N) is 3. The van der Waals surface area contributed by atoms with Gasteiger partial charge in [-0.2, -0.15) is 0 Å². The van der Waals surface area contributed by atoms with Crippen molar-refractivity contribution in [3.8, 4) is 0 Å². The number of primary amides is 1. The first-order chi connectivity index (χ1) is 15.0. The molecule has 2 aromatic heterocycles. The maximum Gasteiger partial charge on any atom is 0.254 e. The van der Waals surface area contributed by atoms with Crippen LogP contribution in [0.2, 0.25) is 0 Å². The Morgan fingerprint density at radius 1 is 1.19 bits per heavy atom. The molecule has 3 aromatic rings. The lowest BCUT2D eigenvalue weighted by molar-refractivity contribution is -0.123. The molecule has 3 heterocycles. The summed E-state index contributed by atoms with van der Waals surface area (Å²) in [6.07, 6.45) is 4.80. The van der Waals surface area contributed by atoms with E-state index in [2.05, 4.69) is 15.3 Å². The predicted octanol–water partition coefficient (Wildman–Crippen LogP) is 4.08. The Kier molecular flexibility index (Phi) is 6.53. The Hall–Kier alpha value is -2.91. The fourth-order valence-corrected chi connectivity index (χ4v) is 5.36. The van der Waals surface area contributed by atoms with Crippen LogP contribution < -0.4 is 11.1 Å². The SMILES string of the molecule is Cc1ccc(Sc2cnc(Nc3ccccn3)s2)cc1C(=O)N1CCC(C(N)=O)CC1. The zero-order valence-electron chi connectivity index (χ0n) is 17.1. The van der Waals surface area contributed by atoms with Crippen molar-refractivity contribution in [3.63, 3.8) is 0 Å². The molecule has 0 unspecified atom stereocenters. The molecular weight excluding hydrogens is 430 g/mol. The quantitative estimate of drug-likeness (QED) is 0.583. The van der Waals surface area contributed by atoms with Gasteiger partial charge in [-0.25, -0.2) is 9.97 Å². The fourth-order valence-electron chi connectivity index (χ4n) is 3.46. The summed E-state index contributed by atoms with van der Waals surface area (Å²) < 4.78 is 1.02. The Bertz CT molecular complexity index is 1080. The normalized spacial score (nSPS) is 14.4. The van der Waals surface area contributed by atoms with Crippen molar-refractivity contribution in [1.82, 2.24) is 14.9 Å². The molecule has 160 valence electrons. The molecule has 0 bridgehead atoms. The highest BCUT2D eigenvalue weighted by Crippen LogP contribution is 2.35. The highest BCUT2D eigenvalue weighted by Gasteiger charge is 2.27. The zero-order chi connectivity index (χ0) is 21.8. The number of rotatable bonds is 6. The van der Waals surface area contributed by atoms with E-state index in [1.807, 2.05) is 54.4 Å². The van der Waals surface area contributed by atoms with Crippen molar-refractivity contribution in [1.29, 1.82) is 0 Å². The lowest BCUT2D eigenvalue weighted by atomic mass is 9.95. The number of thiazole rings is 1. The van der Waals surface area contributed by atoms with Crippen LogP contribution in [0.1, 0.15) is 28.8 Å². The summed E-state index contributed by atoms with van der Waals surface area (Å²) in [6, 6.07) is 11.6. The van der Waals surface area contributed by atoms with Gasteiger partial charge in [-0.3, -0.25) is 9.59 Å². The van der Waals surface area contributed by atoms with Crippen molar-refractivity contribution >= 4 is 45.9 Å². The van der Waals surface area contributed by atoms with Crippen LogP contribution in [0.15, 0.2) is 57.9 Å². The van der Waals surface area contributed by atoms with Gasteiger partial charge in [0.05, 0.1) is 10.4 Å². The summed E-state index contributed by atoms with van der Waals surface area (Å²) in [7, 11) is 0. The molecule has 0 spiro atoms. The second-order valence-electron chi connectivity index (χ2n) is 7.37. The molecule has 1 aromatic carbocycles. The van der Waals surface area contributed by atoms with Gasteiger partial charge in [-0.15, -0.1) is 0 Å². The van der Waals surface area contributed by atoms with Gasteiger partial charge in [0.15, 0.2) is 5.13 Å². The molecule has 9 heteroatoms. The molecule has 1 aliphatic rings. The number of likely N-dealkylation sites (tertiary alicyclic amines) is 1. The van der Waals surface area contributed by atoms with E-state index in [0.717, 1.165) is 25.6 Å². The fraction of sp³-hybridized carbons (Fsp3) is 0.273. The van der Waals surface area contributed by atoms with Gasteiger partial charge < -0.3 is 16.0 Å². The van der Waals surface area contributed by atoms with Gasteiger partial charge in [0, 0.05) is 35.7 Å². The van der Waals surface area contributed by atoms with Crippen LogP contribution in [-0.2, 0) is 4.79 Å². The van der Waals surface area contributed by atoms with Gasteiger partial charge in [-0.05, 0) is 49.6 Å². The third-order valence-electron chi connectivity index (χ3n) is 5.23. The second kappa shape index (κ2) is 9.49. The van der Waals surface area contributed by atoms with E-state index in [-0.39, 0.29) is 17.7 Å². The Balaban J connectivity index is 1.43. The molecule has 1 saturated heterocycles. The Morgan fingerprint density at radius 3 is 2.71 bits per heavy atom. The first-order valence-electron chi connectivity index (χ1n) is 10.0. The predicted molar refractivity (Wildman–Crippen MR) is 123 cm³/mol. The molecule has 7 nitrogen and oxygen atoms in total. The number of aryl methyl sites for hydroxylation is 1. The van der Waals surface area contributed by atoms with E-state index >= 15 is 0 Å². The molecular formula is C22H23N5O2S2. The minimum atomic E-state index is -0.275. The van der Waals surface area contributed by atoms with E-state index in [4.69, 9.17) is 5.73 Å². The van der Waals surface area contributed by atoms with Gasteiger partial charge in [0.1, 0.15) is 5.82 Å². The number of amides is 2. The number of pyridine rings is 1. The van der Waals surface area contributed by atoms with Gasteiger partial charge >= 0.3 is 0 Å². The number of carbonyl (C=O) groups excluding carboxylic acids is 2. The van der Waals surface area contributed by atoms with Gasteiger partial charge in [-0.1, -0.05) is 35.2 Å². The standard InChI is InChI=1S/C22H23N5O2S2/c1-14-5-6-16(12-17(14)21(29)27-10-7-15(8-11-27)20(23)28)30-19-13-25-22(31-19)26-18-4-2-3-9-24-18/h2-6,9,12-13,15H,7-8,10-11H2,1H3,(H2,23,28)(H,24,25,26). The summed E-state index contributed by atoms with van der Waals surface area (Å²) in [6.45, 7) is 3.06. The number of benzene rings is 1. The molecule has 1 aliphatic heterocycles. The number of hydrogen-bond donors (Lipinski definition) is 2. The summed E-state index contributed by atoms with van der Waals surface area (Å²) in [5.74, 6) is 0.344. The Labute approximate surface area is 189 Å². The average molecular weight is 454 g/mol. The van der Waals surface area contributed by atoms with E-state index in [9.17, 15) is 9.59 Å². The molecule has 0 radical (unpaired) electrons. The van der Waals surface area contributed by atoms with E-state index in [1.54, 1.807) is 18.0 Å². The lowest BCUT2D eigenvalue weighted by Crippen LogP contribution is -2.41. The zero-order valence-corrected chi connectivity index (χ0v) is 18.7. The van der Waals surface area contributed by atoms with Crippen LogP contribution in [0, 0.1) is 12.8 Å². The van der Waals surface area contributed by atoms with Crippen molar-refractivity contribution in [2.24, 2.45) is 11.7 Å². The minimum absolute atomic E-state index is 0.00434. The van der Waals surface area contributed by atoms with E-state index in [0.29, 0.717) is 31.5 Å². The third-order valence-corrected chi connectivity index (χ3v) is 7.23. The molecule has 4 rings (SSSR count). The highest BCUT2D eigenvalue weighted by atomic mass is 32.2. The number of piperidine rings is 1. The number of anilines is 2. The average Bonchev–Trinajstić information content (AvgIpc) is 3.22. The number of hydrogen-bond acceptors (Lipinski definition) is 7. The number of carbonyl (C=O) groups is 2. The molecule has 0 saturated carbocycles. The largest absolute Gasteiger partial charge is 0.369 e. The van der Waals surface area contributed by atoms with Crippen molar-refractivity contribution in [3.05, 3.63) is 59.9 Å². The molecule has 0 aliphatic carbocycles. The summed E-state index contributed by atoms with van der Waals surface area (Å²) >= 11 is 3.11. The smallest absolute Gasteiger partial charge is 0.254 e. The number of nitrogens with one attached hydrogen (secondary N) is 1. The van der Waals surface area contributed by atoms with E-state index < -0.39 is 0 Å².